The van der Waals surface area contributed by atoms with E-state index < -0.39 is 5.97 Å². The average molecular weight is 244 g/mol. The third kappa shape index (κ3) is 6.14. The van der Waals surface area contributed by atoms with Crippen LogP contribution in [0.25, 0.3) is 0 Å². The molecule has 0 aromatic rings. The van der Waals surface area contributed by atoms with Gasteiger partial charge in [0.1, 0.15) is 6.54 Å². The normalized spacial score (nSPS) is 10.7. The van der Waals surface area contributed by atoms with Crippen LogP contribution in [0.3, 0.4) is 0 Å². The number of amides is 2. The highest BCUT2D eigenvalue weighted by atomic mass is 16.4. The molecule has 0 aromatic heterocycles. The highest BCUT2D eigenvalue weighted by Crippen LogP contribution is 2.06. The maximum Gasteiger partial charge on any atom is 0.323 e. The summed E-state index contributed by atoms with van der Waals surface area (Å²) in [5.41, 5.74) is 0. The van der Waals surface area contributed by atoms with Gasteiger partial charge < -0.3 is 15.3 Å². The molecule has 0 aliphatic carbocycles. The molecule has 0 aliphatic heterocycles. The van der Waals surface area contributed by atoms with E-state index >= 15 is 0 Å². The lowest BCUT2D eigenvalue weighted by Crippen LogP contribution is -2.47. The molecule has 0 bridgehead atoms. The first-order valence-electron chi connectivity index (χ1n) is 6.18. The van der Waals surface area contributed by atoms with Gasteiger partial charge in [-0.3, -0.25) is 4.79 Å². The van der Waals surface area contributed by atoms with Gasteiger partial charge in [-0.2, -0.15) is 0 Å². The number of urea groups is 1. The number of nitrogens with zero attached hydrogens (tertiary/aromatic N) is 1. The van der Waals surface area contributed by atoms with Gasteiger partial charge in [-0.05, 0) is 19.8 Å². The molecule has 0 aromatic carbocycles. The van der Waals surface area contributed by atoms with Gasteiger partial charge >= 0.3 is 12.0 Å². The Morgan fingerprint density at radius 3 is 2.12 bits per heavy atom. The maximum absolute atomic E-state index is 11.8. The number of aliphatic carboxylic acids is 1. The van der Waals surface area contributed by atoms with Crippen LogP contribution >= 0.6 is 0 Å². The third-order valence-corrected chi connectivity index (χ3v) is 2.89. The second kappa shape index (κ2) is 7.92. The Kier molecular flexibility index (Phi) is 7.34. The minimum Gasteiger partial charge on any atom is -0.480 e. The van der Waals surface area contributed by atoms with E-state index in [-0.39, 0.29) is 18.6 Å². The molecule has 5 nitrogen and oxygen atoms in total. The van der Waals surface area contributed by atoms with Crippen LogP contribution in [0.15, 0.2) is 0 Å². The van der Waals surface area contributed by atoms with Crippen molar-refractivity contribution in [3.8, 4) is 0 Å². The van der Waals surface area contributed by atoms with Crippen LogP contribution < -0.4 is 5.32 Å². The lowest BCUT2D eigenvalue weighted by atomic mass is 10.0. The molecule has 0 heterocycles. The maximum atomic E-state index is 11.8. The fourth-order valence-electron chi connectivity index (χ4n) is 1.55. The predicted molar refractivity (Wildman–Crippen MR) is 66.9 cm³/mol. The van der Waals surface area contributed by atoms with E-state index in [1.165, 1.54) is 4.90 Å². The third-order valence-electron chi connectivity index (χ3n) is 2.89. The van der Waals surface area contributed by atoms with Gasteiger partial charge in [0.2, 0.25) is 0 Å². The number of carboxylic acids is 1. The van der Waals surface area contributed by atoms with Crippen LogP contribution in [0.5, 0.6) is 0 Å². The summed E-state index contributed by atoms with van der Waals surface area (Å²) in [4.78, 5) is 23.8. The second-order valence-electron chi connectivity index (χ2n) is 4.48. The van der Waals surface area contributed by atoms with Crippen molar-refractivity contribution in [2.24, 2.45) is 5.92 Å². The Bertz CT molecular complexity index is 250. The van der Waals surface area contributed by atoms with E-state index in [9.17, 15) is 9.59 Å². The van der Waals surface area contributed by atoms with Crippen LogP contribution in [0.2, 0.25) is 0 Å². The monoisotopic (exact) mass is 244 g/mol. The molecule has 0 spiro atoms. The minimum absolute atomic E-state index is 0.118. The summed E-state index contributed by atoms with van der Waals surface area (Å²) in [7, 11) is 0. The van der Waals surface area contributed by atoms with Gasteiger partial charge in [0.15, 0.2) is 0 Å². The molecule has 0 rings (SSSR count). The molecule has 0 unspecified atom stereocenters. The molecular weight excluding hydrogens is 220 g/mol. The van der Waals surface area contributed by atoms with Crippen LogP contribution in [0.1, 0.15) is 40.5 Å². The van der Waals surface area contributed by atoms with E-state index in [0.29, 0.717) is 12.5 Å². The molecule has 0 saturated heterocycles. The van der Waals surface area contributed by atoms with Gasteiger partial charge in [0.05, 0.1) is 0 Å². The summed E-state index contributed by atoms with van der Waals surface area (Å²) in [5, 5.41) is 11.5. The largest absolute Gasteiger partial charge is 0.480 e. The first kappa shape index (κ1) is 15.7. The summed E-state index contributed by atoms with van der Waals surface area (Å²) in [6.45, 7) is 8.12. The van der Waals surface area contributed by atoms with Crippen LogP contribution in [-0.2, 0) is 4.79 Å². The number of carbonyl (C=O) groups excluding carboxylic acids is 1. The molecule has 100 valence electrons. The van der Waals surface area contributed by atoms with Gasteiger partial charge in [0, 0.05) is 12.6 Å². The first-order valence-corrected chi connectivity index (χ1v) is 6.18. The summed E-state index contributed by atoms with van der Waals surface area (Å²) >= 11 is 0. The number of hydrogen-bond acceptors (Lipinski definition) is 2. The quantitative estimate of drug-likeness (QED) is 0.719. The van der Waals surface area contributed by atoms with Crippen LogP contribution in [-0.4, -0.2) is 41.1 Å². The van der Waals surface area contributed by atoms with Crippen LogP contribution in [0, 0.1) is 5.92 Å². The van der Waals surface area contributed by atoms with Gasteiger partial charge in [-0.25, -0.2) is 4.79 Å². The zero-order valence-corrected chi connectivity index (χ0v) is 11.2. The molecule has 0 fully saturated rings. The summed E-state index contributed by atoms with van der Waals surface area (Å²) in [6.07, 6.45) is 2.02. The summed E-state index contributed by atoms with van der Waals surface area (Å²) < 4.78 is 0. The van der Waals surface area contributed by atoms with Crippen LogP contribution in [0.4, 0.5) is 4.79 Å². The molecular formula is C12H24N2O3. The molecule has 0 atom stereocenters. The Balaban J connectivity index is 4.28. The fourth-order valence-corrected chi connectivity index (χ4v) is 1.55. The van der Waals surface area contributed by atoms with Gasteiger partial charge in [0.25, 0.3) is 0 Å². The topological polar surface area (TPSA) is 69.6 Å². The highest BCUT2D eigenvalue weighted by molar-refractivity contribution is 5.80. The molecule has 17 heavy (non-hydrogen) atoms. The van der Waals surface area contributed by atoms with Crippen molar-refractivity contribution >= 4 is 12.0 Å². The van der Waals surface area contributed by atoms with E-state index in [2.05, 4.69) is 19.2 Å². The lowest BCUT2D eigenvalue weighted by molar-refractivity contribution is -0.138. The smallest absolute Gasteiger partial charge is 0.323 e. The average Bonchev–Trinajstić information content (AvgIpc) is 2.26. The second-order valence-corrected chi connectivity index (χ2v) is 4.48. The van der Waals surface area contributed by atoms with Crippen molar-refractivity contribution < 1.29 is 14.7 Å². The van der Waals surface area contributed by atoms with Gasteiger partial charge in [-0.15, -0.1) is 0 Å². The molecule has 2 N–H and O–H groups in total. The van der Waals surface area contributed by atoms with E-state index in [0.717, 1.165) is 12.8 Å². The van der Waals surface area contributed by atoms with E-state index in [1.54, 1.807) is 13.8 Å². The molecule has 0 saturated carbocycles. The zero-order chi connectivity index (χ0) is 13.4. The van der Waals surface area contributed by atoms with Crippen molar-refractivity contribution in [2.45, 2.75) is 46.6 Å². The fraction of sp³-hybridized carbons (Fsp3) is 0.833. The Hall–Kier alpha value is -1.26. The minimum atomic E-state index is -0.989. The zero-order valence-electron chi connectivity index (χ0n) is 11.2. The Labute approximate surface area is 103 Å². The van der Waals surface area contributed by atoms with Crippen molar-refractivity contribution in [3.05, 3.63) is 0 Å². The Morgan fingerprint density at radius 1 is 1.24 bits per heavy atom. The van der Waals surface area contributed by atoms with Gasteiger partial charge in [-0.1, -0.05) is 26.7 Å². The first-order chi connectivity index (χ1) is 7.92. The van der Waals surface area contributed by atoms with Crippen molar-refractivity contribution in [1.29, 1.82) is 0 Å². The van der Waals surface area contributed by atoms with E-state index in [4.69, 9.17) is 5.11 Å². The molecule has 0 radical (unpaired) electrons. The number of carbonyl (C=O) groups is 2. The summed E-state index contributed by atoms with van der Waals surface area (Å²) in [5.74, 6) is -0.533. The number of hydrogen-bond donors (Lipinski definition) is 2. The standard InChI is InChI=1S/C12H24N2O3/c1-5-10(6-2)7-13-12(17)14(9(3)4)8-11(15)16/h9-10H,5-8H2,1-4H3,(H,13,17)(H,15,16). The molecule has 5 heteroatoms. The van der Waals surface area contributed by atoms with Crippen molar-refractivity contribution in [3.63, 3.8) is 0 Å². The number of carboxylic acid groups (broad SMARTS) is 1. The lowest BCUT2D eigenvalue weighted by Gasteiger charge is -2.26. The van der Waals surface area contributed by atoms with E-state index in [1.807, 2.05) is 0 Å². The SMILES string of the molecule is CCC(CC)CNC(=O)N(CC(=O)O)C(C)C. The van der Waals surface area contributed by atoms with Crippen molar-refractivity contribution in [1.82, 2.24) is 10.2 Å². The summed E-state index contributed by atoms with van der Waals surface area (Å²) in [6, 6.07) is -0.415. The number of rotatable bonds is 7. The van der Waals surface area contributed by atoms with Crippen molar-refractivity contribution in [2.75, 3.05) is 13.1 Å². The Morgan fingerprint density at radius 2 is 1.76 bits per heavy atom. The highest BCUT2D eigenvalue weighted by Gasteiger charge is 2.19. The molecule has 2 amide bonds. The predicted octanol–water partition coefficient (Wildman–Crippen LogP) is 1.93. The number of nitrogens with one attached hydrogen (secondary N) is 1. The molecule has 0 aliphatic rings.